The number of nitrogens with zero attached hydrogens (tertiary/aromatic N) is 2. The highest BCUT2D eigenvalue weighted by Gasteiger charge is 2.27. The number of amides is 1. The fourth-order valence-electron chi connectivity index (χ4n) is 3.05. The van der Waals surface area contributed by atoms with Crippen molar-refractivity contribution >= 4 is 46.6 Å². The van der Waals surface area contributed by atoms with Crippen molar-refractivity contribution in [2.45, 2.75) is 23.5 Å². The number of thioether (sulfide) groups is 1. The molecule has 6 heteroatoms. The largest absolute Gasteiger partial charge is 0.368 e. The van der Waals surface area contributed by atoms with Crippen LogP contribution in [0.4, 0.5) is 5.69 Å². The predicted molar refractivity (Wildman–Crippen MR) is 112 cm³/mol. The van der Waals surface area contributed by atoms with Crippen LogP contribution in [0.3, 0.4) is 0 Å². The van der Waals surface area contributed by atoms with Gasteiger partial charge in [0.2, 0.25) is 5.91 Å². The Kier molecular flexibility index (Phi) is 6.74. The van der Waals surface area contributed by atoms with Crippen LogP contribution >= 0.6 is 35.0 Å². The molecule has 0 aromatic heterocycles. The molecule has 26 heavy (non-hydrogen) atoms. The second kappa shape index (κ2) is 9.03. The topological polar surface area (TPSA) is 23.6 Å². The molecule has 1 aliphatic rings. The van der Waals surface area contributed by atoms with Crippen LogP contribution in [0.2, 0.25) is 10.0 Å². The molecule has 1 fully saturated rings. The molecule has 0 bridgehead atoms. The fraction of sp³-hybridized carbons (Fsp3) is 0.350. The molecular formula is C20H22Cl2N2OS. The van der Waals surface area contributed by atoms with Gasteiger partial charge in [0.15, 0.2) is 0 Å². The Hall–Kier alpha value is -1.36. The summed E-state index contributed by atoms with van der Waals surface area (Å²) in [6.45, 7) is 5.20. The third kappa shape index (κ3) is 4.87. The van der Waals surface area contributed by atoms with Gasteiger partial charge in [0, 0.05) is 46.8 Å². The zero-order valence-corrected chi connectivity index (χ0v) is 17.0. The van der Waals surface area contributed by atoms with Crippen molar-refractivity contribution in [2.75, 3.05) is 31.1 Å². The molecule has 0 saturated carbocycles. The molecule has 0 radical (unpaired) electrons. The van der Waals surface area contributed by atoms with Gasteiger partial charge in [-0.25, -0.2) is 0 Å². The first-order valence-electron chi connectivity index (χ1n) is 8.78. The summed E-state index contributed by atoms with van der Waals surface area (Å²) < 4.78 is 0. The second-order valence-corrected chi connectivity index (χ2v) is 8.41. The minimum absolute atomic E-state index is 0.0612. The summed E-state index contributed by atoms with van der Waals surface area (Å²) in [5.74, 6) is 0.221. The number of piperazine rings is 1. The number of halogens is 2. The maximum atomic E-state index is 12.9. The van der Waals surface area contributed by atoms with Crippen molar-refractivity contribution in [2.24, 2.45) is 0 Å². The van der Waals surface area contributed by atoms with Crippen molar-refractivity contribution in [3.8, 4) is 0 Å². The van der Waals surface area contributed by atoms with Gasteiger partial charge in [0.25, 0.3) is 0 Å². The number of benzene rings is 2. The van der Waals surface area contributed by atoms with Crippen molar-refractivity contribution in [1.82, 2.24) is 4.90 Å². The summed E-state index contributed by atoms with van der Waals surface area (Å²) in [4.78, 5) is 18.3. The lowest BCUT2D eigenvalue weighted by Gasteiger charge is -2.37. The van der Waals surface area contributed by atoms with Crippen LogP contribution < -0.4 is 4.90 Å². The van der Waals surface area contributed by atoms with Gasteiger partial charge in [-0.3, -0.25) is 4.79 Å². The van der Waals surface area contributed by atoms with Crippen LogP contribution in [0.1, 0.15) is 13.3 Å². The molecule has 2 aromatic rings. The van der Waals surface area contributed by atoms with E-state index in [0.717, 1.165) is 48.2 Å². The summed E-state index contributed by atoms with van der Waals surface area (Å²) in [5.41, 5.74) is 1.12. The Labute approximate surface area is 169 Å². The average molecular weight is 409 g/mol. The number of carbonyl (C=O) groups is 1. The number of rotatable bonds is 5. The van der Waals surface area contributed by atoms with Crippen molar-refractivity contribution in [1.29, 1.82) is 0 Å². The standard InChI is InChI=1S/C20H22Cl2N2OS/c1-2-19(26-18-8-6-15(21)7-9-18)20(25)24-12-10-23(11-13-24)17-5-3-4-16(22)14-17/h3-9,14,19H,2,10-13H2,1H3/t19-/m0/s1. The third-order valence-electron chi connectivity index (χ3n) is 4.50. The van der Waals surface area contributed by atoms with E-state index in [2.05, 4.69) is 17.9 Å². The Morgan fingerprint density at radius 2 is 1.73 bits per heavy atom. The highest BCUT2D eigenvalue weighted by atomic mass is 35.5. The lowest BCUT2D eigenvalue weighted by atomic mass is 10.2. The van der Waals surface area contributed by atoms with E-state index >= 15 is 0 Å². The molecule has 1 atom stereocenters. The maximum absolute atomic E-state index is 12.9. The zero-order chi connectivity index (χ0) is 18.5. The van der Waals surface area contributed by atoms with E-state index in [1.54, 1.807) is 11.8 Å². The number of hydrogen-bond donors (Lipinski definition) is 0. The first-order chi connectivity index (χ1) is 12.6. The molecule has 1 heterocycles. The number of anilines is 1. The second-order valence-electron chi connectivity index (χ2n) is 6.26. The van der Waals surface area contributed by atoms with Crippen molar-refractivity contribution in [3.63, 3.8) is 0 Å². The predicted octanol–water partition coefficient (Wildman–Crippen LogP) is 5.21. The van der Waals surface area contributed by atoms with Gasteiger partial charge < -0.3 is 9.80 Å². The molecule has 0 spiro atoms. The van der Waals surface area contributed by atoms with E-state index in [-0.39, 0.29) is 11.2 Å². The molecule has 0 N–H and O–H groups in total. The monoisotopic (exact) mass is 408 g/mol. The summed E-state index contributed by atoms with van der Waals surface area (Å²) >= 11 is 13.6. The quantitative estimate of drug-likeness (QED) is 0.634. The zero-order valence-electron chi connectivity index (χ0n) is 14.7. The first kappa shape index (κ1) is 19.4. The van der Waals surface area contributed by atoms with Crippen LogP contribution in [0, 0.1) is 0 Å². The minimum Gasteiger partial charge on any atom is -0.368 e. The lowest BCUT2D eigenvalue weighted by molar-refractivity contribution is -0.130. The van der Waals surface area contributed by atoms with Gasteiger partial charge in [0.05, 0.1) is 5.25 Å². The molecular weight excluding hydrogens is 387 g/mol. The van der Waals surface area contributed by atoms with E-state index in [9.17, 15) is 4.79 Å². The van der Waals surface area contributed by atoms with Crippen LogP contribution in [-0.2, 0) is 4.79 Å². The molecule has 0 aliphatic carbocycles. The van der Waals surface area contributed by atoms with Gasteiger partial charge in [-0.15, -0.1) is 11.8 Å². The van der Waals surface area contributed by atoms with E-state index in [0.29, 0.717) is 5.02 Å². The van der Waals surface area contributed by atoms with Crippen LogP contribution in [-0.4, -0.2) is 42.2 Å². The SMILES string of the molecule is CC[C@H](Sc1ccc(Cl)cc1)C(=O)N1CCN(c2cccc(Cl)c2)CC1. The molecule has 1 aliphatic heterocycles. The van der Waals surface area contributed by atoms with Crippen molar-refractivity contribution in [3.05, 3.63) is 58.6 Å². The Bertz CT molecular complexity index is 746. The van der Waals surface area contributed by atoms with Gasteiger partial charge in [-0.2, -0.15) is 0 Å². The molecule has 2 aromatic carbocycles. The van der Waals surface area contributed by atoms with Crippen molar-refractivity contribution < 1.29 is 4.79 Å². The van der Waals surface area contributed by atoms with Crippen LogP contribution in [0.5, 0.6) is 0 Å². The molecule has 138 valence electrons. The maximum Gasteiger partial charge on any atom is 0.236 e. The number of carbonyl (C=O) groups excluding carboxylic acids is 1. The molecule has 0 unspecified atom stereocenters. The van der Waals surface area contributed by atoms with Gasteiger partial charge >= 0.3 is 0 Å². The average Bonchev–Trinajstić information content (AvgIpc) is 2.67. The van der Waals surface area contributed by atoms with E-state index in [1.165, 1.54) is 0 Å². The third-order valence-corrected chi connectivity index (χ3v) is 6.35. The lowest BCUT2D eigenvalue weighted by Crippen LogP contribution is -2.51. The highest BCUT2D eigenvalue weighted by Crippen LogP contribution is 2.28. The first-order valence-corrected chi connectivity index (χ1v) is 10.4. The summed E-state index contributed by atoms with van der Waals surface area (Å²) in [5, 5.41) is 1.39. The molecule has 3 nitrogen and oxygen atoms in total. The summed E-state index contributed by atoms with van der Waals surface area (Å²) in [7, 11) is 0. The Morgan fingerprint density at radius 1 is 1.04 bits per heavy atom. The highest BCUT2D eigenvalue weighted by molar-refractivity contribution is 8.00. The summed E-state index contributed by atoms with van der Waals surface area (Å²) in [6.07, 6.45) is 0.806. The van der Waals surface area contributed by atoms with Gasteiger partial charge in [0.1, 0.15) is 0 Å². The van der Waals surface area contributed by atoms with E-state index in [4.69, 9.17) is 23.2 Å². The van der Waals surface area contributed by atoms with Gasteiger partial charge in [-0.05, 0) is 48.9 Å². The minimum atomic E-state index is -0.0612. The summed E-state index contributed by atoms with van der Waals surface area (Å²) in [6, 6.07) is 15.6. The van der Waals surface area contributed by atoms with Crippen LogP contribution in [0.15, 0.2) is 53.4 Å². The molecule has 3 rings (SSSR count). The van der Waals surface area contributed by atoms with E-state index in [1.807, 2.05) is 47.4 Å². The van der Waals surface area contributed by atoms with E-state index < -0.39 is 0 Å². The molecule has 1 saturated heterocycles. The van der Waals surface area contributed by atoms with Gasteiger partial charge in [-0.1, -0.05) is 36.2 Å². The normalized spacial score (nSPS) is 15.8. The fourth-order valence-corrected chi connectivity index (χ4v) is 4.40. The Balaban J connectivity index is 1.58. The molecule has 1 amide bonds. The smallest absolute Gasteiger partial charge is 0.236 e. The number of hydrogen-bond acceptors (Lipinski definition) is 3. The van der Waals surface area contributed by atoms with Crippen LogP contribution in [0.25, 0.3) is 0 Å². The Morgan fingerprint density at radius 3 is 2.35 bits per heavy atom.